The van der Waals surface area contributed by atoms with E-state index in [1.807, 2.05) is 0 Å². The average molecular weight is 309 g/mol. The summed E-state index contributed by atoms with van der Waals surface area (Å²) in [5, 5.41) is 0.280. The van der Waals surface area contributed by atoms with Gasteiger partial charge in [0.05, 0.1) is 17.7 Å². The molecule has 3 nitrogen and oxygen atoms in total. The van der Waals surface area contributed by atoms with E-state index < -0.39 is 5.82 Å². The van der Waals surface area contributed by atoms with Gasteiger partial charge >= 0.3 is 0 Å². The van der Waals surface area contributed by atoms with E-state index in [1.165, 1.54) is 26.2 Å². The van der Waals surface area contributed by atoms with Crippen LogP contribution in [0.3, 0.4) is 0 Å². The molecule has 0 aromatic heterocycles. The number of halogens is 2. The lowest BCUT2D eigenvalue weighted by molar-refractivity contribution is 0.101. The minimum Gasteiger partial charge on any atom is -0.497 e. The molecule has 2 aromatic carbocycles. The van der Waals surface area contributed by atoms with Gasteiger partial charge in [0, 0.05) is 11.6 Å². The molecule has 0 amide bonds. The maximum atomic E-state index is 13.0. The lowest BCUT2D eigenvalue weighted by Crippen LogP contribution is -2.02. The molecule has 0 aliphatic carbocycles. The molecule has 5 heteroatoms. The average Bonchev–Trinajstić information content (AvgIpc) is 2.45. The van der Waals surface area contributed by atoms with Crippen molar-refractivity contribution in [3.8, 4) is 11.5 Å². The second-order valence-electron chi connectivity index (χ2n) is 4.44. The van der Waals surface area contributed by atoms with Crippen LogP contribution in [0.4, 0.5) is 4.39 Å². The number of hydrogen-bond donors (Lipinski definition) is 0. The Kier molecular flexibility index (Phi) is 4.81. The van der Waals surface area contributed by atoms with Crippen molar-refractivity contribution in [1.82, 2.24) is 0 Å². The Morgan fingerprint density at radius 2 is 2.00 bits per heavy atom. The van der Waals surface area contributed by atoms with Gasteiger partial charge in [-0.05, 0) is 31.2 Å². The van der Waals surface area contributed by atoms with Crippen LogP contribution in [-0.4, -0.2) is 12.9 Å². The van der Waals surface area contributed by atoms with Gasteiger partial charge in [0.15, 0.2) is 5.78 Å². The van der Waals surface area contributed by atoms with E-state index in [-0.39, 0.29) is 17.4 Å². The number of ketones is 1. The van der Waals surface area contributed by atoms with E-state index in [2.05, 4.69) is 0 Å². The number of methoxy groups -OCH3 is 1. The van der Waals surface area contributed by atoms with Gasteiger partial charge in [-0.1, -0.05) is 17.7 Å². The normalized spacial score (nSPS) is 10.3. The highest BCUT2D eigenvalue weighted by Crippen LogP contribution is 2.27. The van der Waals surface area contributed by atoms with Crippen molar-refractivity contribution < 1.29 is 18.7 Å². The largest absolute Gasteiger partial charge is 0.497 e. The molecule has 0 atom stereocenters. The molecular formula is C16H14ClFO3. The number of ether oxygens (including phenoxy) is 2. The quantitative estimate of drug-likeness (QED) is 0.774. The molecule has 0 bridgehead atoms. The van der Waals surface area contributed by atoms with Crippen molar-refractivity contribution in [2.45, 2.75) is 13.5 Å². The first-order valence-corrected chi connectivity index (χ1v) is 6.64. The highest BCUT2D eigenvalue weighted by Gasteiger charge is 2.11. The summed E-state index contributed by atoms with van der Waals surface area (Å²) in [6.07, 6.45) is 0. The number of carbonyl (C=O) groups is 1. The molecule has 0 unspecified atom stereocenters. The third-order valence-corrected chi connectivity index (χ3v) is 3.32. The monoisotopic (exact) mass is 308 g/mol. The Balaban J connectivity index is 2.24. The highest BCUT2D eigenvalue weighted by molar-refractivity contribution is 6.31. The number of carbonyl (C=O) groups excluding carboxylic acids is 1. The molecule has 0 aliphatic rings. The minimum absolute atomic E-state index is 0.113. The maximum absolute atomic E-state index is 13.0. The molecule has 0 saturated heterocycles. The van der Waals surface area contributed by atoms with E-state index in [0.29, 0.717) is 22.6 Å². The number of benzene rings is 2. The van der Waals surface area contributed by atoms with Crippen LogP contribution in [0.2, 0.25) is 5.02 Å². The summed E-state index contributed by atoms with van der Waals surface area (Å²) in [7, 11) is 1.53. The molecule has 2 rings (SSSR count). The summed E-state index contributed by atoms with van der Waals surface area (Å²) in [6.45, 7) is 1.59. The fourth-order valence-electron chi connectivity index (χ4n) is 1.83. The fraction of sp³-hybridized carbons (Fsp3) is 0.188. The van der Waals surface area contributed by atoms with Crippen LogP contribution in [0, 0.1) is 5.82 Å². The van der Waals surface area contributed by atoms with Crippen LogP contribution in [0.5, 0.6) is 11.5 Å². The van der Waals surface area contributed by atoms with Crippen LogP contribution in [0.1, 0.15) is 22.8 Å². The van der Waals surface area contributed by atoms with Gasteiger partial charge in [-0.25, -0.2) is 4.39 Å². The van der Waals surface area contributed by atoms with Crippen molar-refractivity contribution in [3.63, 3.8) is 0 Å². The second kappa shape index (κ2) is 6.59. The Bertz CT molecular complexity index is 671. The molecule has 2 aromatic rings. The smallest absolute Gasteiger partial charge is 0.163 e. The van der Waals surface area contributed by atoms with Gasteiger partial charge in [0.2, 0.25) is 0 Å². The molecule has 0 spiro atoms. The third kappa shape index (κ3) is 3.73. The van der Waals surface area contributed by atoms with Gasteiger partial charge in [-0.3, -0.25) is 4.79 Å². The lowest BCUT2D eigenvalue weighted by atomic mass is 10.1. The van der Waals surface area contributed by atoms with Crippen LogP contribution in [0.15, 0.2) is 36.4 Å². The highest BCUT2D eigenvalue weighted by atomic mass is 35.5. The lowest BCUT2D eigenvalue weighted by Gasteiger charge is -2.12. The zero-order chi connectivity index (χ0) is 15.4. The third-order valence-electron chi connectivity index (χ3n) is 2.97. The van der Waals surface area contributed by atoms with Crippen molar-refractivity contribution in [3.05, 3.63) is 58.4 Å². The van der Waals surface area contributed by atoms with E-state index >= 15 is 0 Å². The van der Waals surface area contributed by atoms with Crippen LogP contribution in [-0.2, 0) is 6.61 Å². The first kappa shape index (κ1) is 15.3. The Morgan fingerprint density at radius 3 is 2.62 bits per heavy atom. The van der Waals surface area contributed by atoms with Gasteiger partial charge in [-0.15, -0.1) is 0 Å². The number of Topliss-reactive ketones (excluding diaryl/α,β-unsaturated/α-hetero) is 1. The zero-order valence-electron chi connectivity index (χ0n) is 11.7. The van der Waals surface area contributed by atoms with Gasteiger partial charge < -0.3 is 9.47 Å². The summed E-state index contributed by atoms with van der Waals surface area (Å²) in [5.41, 5.74) is 1.09. The fourth-order valence-corrected chi connectivity index (χ4v) is 2.06. The summed E-state index contributed by atoms with van der Waals surface area (Å²) >= 11 is 5.95. The zero-order valence-corrected chi connectivity index (χ0v) is 12.4. The number of rotatable bonds is 5. The number of hydrogen-bond acceptors (Lipinski definition) is 3. The van der Waals surface area contributed by atoms with Gasteiger partial charge in [0.25, 0.3) is 0 Å². The molecule has 0 heterocycles. The van der Waals surface area contributed by atoms with Crippen molar-refractivity contribution in [1.29, 1.82) is 0 Å². The standard InChI is InChI=1S/C16H14ClFO3/c1-10(19)14-6-5-13(20-2)8-16(14)21-9-11-3-4-12(18)7-15(11)17/h3-8H,9H2,1-2H3. The van der Waals surface area contributed by atoms with E-state index in [1.54, 1.807) is 24.3 Å². The molecular weight excluding hydrogens is 295 g/mol. The minimum atomic E-state index is -0.408. The Labute approximate surface area is 127 Å². The van der Waals surface area contributed by atoms with Crippen LogP contribution >= 0.6 is 11.6 Å². The summed E-state index contributed by atoms with van der Waals surface area (Å²) in [6, 6.07) is 9.04. The SMILES string of the molecule is COc1ccc(C(C)=O)c(OCc2ccc(F)cc2Cl)c1. The molecule has 21 heavy (non-hydrogen) atoms. The molecule has 0 aliphatic heterocycles. The van der Waals surface area contributed by atoms with Gasteiger partial charge in [0.1, 0.15) is 23.9 Å². The first-order valence-electron chi connectivity index (χ1n) is 6.27. The van der Waals surface area contributed by atoms with Crippen LogP contribution in [0.25, 0.3) is 0 Å². The molecule has 0 N–H and O–H groups in total. The molecule has 110 valence electrons. The topological polar surface area (TPSA) is 35.5 Å². The Hall–Kier alpha value is -2.07. The Morgan fingerprint density at radius 1 is 1.24 bits per heavy atom. The predicted octanol–water partition coefficient (Wildman–Crippen LogP) is 4.27. The maximum Gasteiger partial charge on any atom is 0.163 e. The molecule has 0 radical (unpaired) electrons. The van der Waals surface area contributed by atoms with E-state index in [9.17, 15) is 9.18 Å². The second-order valence-corrected chi connectivity index (χ2v) is 4.85. The van der Waals surface area contributed by atoms with Crippen molar-refractivity contribution >= 4 is 17.4 Å². The van der Waals surface area contributed by atoms with Crippen molar-refractivity contribution in [2.24, 2.45) is 0 Å². The molecule has 0 saturated carbocycles. The summed E-state index contributed by atoms with van der Waals surface area (Å²) < 4.78 is 23.7. The first-order chi connectivity index (χ1) is 10.0. The van der Waals surface area contributed by atoms with E-state index in [0.717, 1.165) is 0 Å². The van der Waals surface area contributed by atoms with E-state index in [4.69, 9.17) is 21.1 Å². The summed E-state index contributed by atoms with van der Waals surface area (Å²) in [5.74, 6) is 0.467. The predicted molar refractivity (Wildman–Crippen MR) is 78.7 cm³/mol. The van der Waals surface area contributed by atoms with Crippen LogP contribution < -0.4 is 9.47 Å². The van der Waals surface area contributed by atoms with Crippen molar-refractivity contribution in [2.75, 3.05) is 7.11 Å². The van der Waals surface area contributed by atoms with Gasteiger partial charge in [-0.2, -0.15) is 0 Å². The summed E-state index contributed by atoms with van der Waals surface area (Å²) in [4.78, 5) is 11.6. The molecule has 0 fully saturated rings.